The Hall–Kier alpha value is -5.18. The number of Topliss-reactive ketones (excluding diaryl/α,β-unsaturated/α-hetero) is 1. The number of aromatic amines is 1. The molecular weight excluding hydrogens is 502 g/mol. The molecule has 2 amide bonds. The van der Waals surface area contributed by atoms with E-state index in [1.54, 1.807) is 72.7 Å². The molecule has 2 spiro atoms. The number of likely N-dealkylation sites (tertiary alicyclic amines) is 1. The predicted octanol–water partition coefficient (Wildman–Crippen LogP) is 3.57. The van der Waals surface area contributed by atoms with E-state index in [9.17, 15) is 19.6 Å². The minimum absolute atomic E-state index is 0.0271. The van der Waals surface area contributed by atoms with E-state index < -0.39 is 34.0 Å². The highest BCUT2D eigenvalue weighted by molar-refractivity contribution is 6.24. The maximum Gasteiger partial charge on any atom is 0.254 e. The summed E-state index contributed by atoms with van der Waals surface area (Å²) in [6.45, 7) is -0.186. The van der Waals surface area contributed by atoms with Gasteiger partial charge in [-0.15, -0.1) is 6.42 Å². The molecule has 2 N–H and O–H groups in total. The van der Waals surface area contributed by atoms with Crippen molar-refractivity contribution >= 4 is 39.9 Å². The van der Waals surface area contributed by atoms with Gasteiger partial charge < -0.3 is 10.3 Å². The van der Waals surface area contributed by atoms with Gasteiger partial charge in [0.2, 0.25) is 5.91 Å². The zero-order chi connectivity index (χ0) is 27.9. The van der Waals surface area contributed by atoms with Gasteiger partial charge in [-0.1, -0.05) is 60.5 Å². The van der Waals surface area contributed by atoms with Crippen molar-refractivity contribution in [3.8, 4) is 18.4 Å². The third kappa shape index (κ3) is 2.39. The molecule has 40 heavy (non-hydrogen) atoms. The van der Waals surface area contributed by atoms with Gasteiger partial charge in [-0.2, -0.15) is 5.26 Å². The summed E-state index contributed by atoms with van der Waals surface area (Å²) < 4.78 is 0. The summed E-state index contributed by atoms with van der Waals surface area (Å²) in [5, 5.41) is 14.7. The van der Waals surface area contributed by atoms with Crippen LogP contribution in [0.15, 0.2) is 79.0 Å². The van der Waals surface area contributed by atoms with Crippen LogP contribution in [0.25, 0.3) is 10.9 Å². The molecule has 194 valence electrons. The van der Waals surface area contributed by atoms with Crippen LogP contribution >= 0.6 is 0 Å². The molecule has 1 fully saturated rings. The van der Waals surface area contributed by atoms with Crippen molar-refractivity contribution in [2.45, 2.75) is 11.0 Å². The number of hydrogen-bond acceptors (Lipinski definition) is 5. The number of ketones is 1. The summed E-state index contributed by atoms with van der Waals surface area (Å²) in [5.41, 5.74) is -2.60. The molecule has 4 aromatic rings. The first-order valence-corrected chi connectivity index (χ1v) is 12.9. The van der Waals surface area contributed by atoms with E-state index in [1.165, 1.54) is 4.90 Å². The van der Waals surface area contributed by atoms with Crippen molar-refractivity contribution in [2.75, 3.05) is 30.4 Å². The smallest absolute Gasteiger partial charge is 0.254 e. The van der Waals surface area contributed by atoms with Crippen LogP contribution in [0.1, 0.15) is 21.5 Å². The van der Waals surface area contributed by atoms with Crippen molar-refractivity contribution in [3.63, 3.8) is 0 Å². The Morgan fingerprint density at radius 2 is 1.73 bits per heavy atom. The number of carbonyl (C=O) groups excluding carboxylic acids is 3. The Kier molecular flexibility index (Phi) is 4.73. The molecule has 4 heterocycles. The van der Waals surface area contributed by atoms with Gasteiger partial charge in [-0.25, -0.2) is 0 Å². The first-order valence-electron chi connectivity index (χ1n) is 12.9. The lowest BCUT2D eigenvalue weighted by molar-refractivity contribution is -0.138. The number of amides is 2. The van der Waals surface area contributed by atoms with Crippen LogP contribution < -0.4 is 10.2 Å². The number of aromatic nitrogens is 1. The third-order valence-corrected chi connectivity index (χ3v) is 8.95. The molecule has 1 aromatic heterocycles. The van der Waals surface area contributed by atoms with Crippen molar-refractivity contribution in [1.29, 1.82) is 5.26 Å². The standard InChI is InChI=1S/C32H23N5O3/c1-3-16-37-26-15-9-6-12-23(26)32(29(37)40)31(22-11-5-8-14-25(22)35-28(31)39)30(18-33,19-36(32)2)27(38)21-17-34-24-13-7-4-10-20(21)24/h1,4-15,17,34H,16,19H2,2H3,(H,35,39)/t30-,31-,32-/m1/s1. The summed E-state index contributed by atoms with van der Waals surface area (Å²) >= 11 is 0. The molecule has 7 rings (SSSR count). The van der Waals surface area contributed by atoms with Gasteiger partial charge in [0, 0.05) is 40.5 Å². The lowest BCUT2D eigenvalue weighted by Crippen LogP contribution is -2.65. The number of nitriles is 1. The number of rotatable bonds is 3. The fraction of sp³-hybridized carbons (Fsp3) is 0.188. The number of terminal acetylenes is 1. The van der Waals surface area contributed by atoms with Crippen molar-refractivity contribution in [3.05, 3.63) is 95.7 Å². The van der Waals surface area contributed by atoms with E-state index in [0.717, 1.165) is 5.52 Å². The van der Waals surface area contributed by atoms with Crippen LogP contribution in [0.3, 0.4) is 0 Å². The predicted molar refractivity (Wildman–Crippen MR) is 149 cm³/mol. The fourth-order valence-corrected chi connectivity index (χ4v) is 7.54. The molecule has 0 aliphatic carbocycles. The van der Waals surface area contributed by atoms with Gasteiger partial charge in [0.25, 0.3) is 5.91 Å². The Bertz CT molecular complexity index is 1880. The monoisotopic (exact) mass is 525 g/mol. The summed E-state index contributed by atoms with van der Waals surface area (Å²) in [6, 6.07) is 23.8. The zero-order valence-electron chi connectivity index (χ0n) is 21.6. The van der Waals surface area contributed by atoms with Crippen molar-refractivity contribution < 1.29 is 14.4 Å². The summed E-state index contributed by atoms with van der Waals surface area (Å²) in [7, 11) is 1.70. The average molecular weight is 526 g/mol. The van der Waals surface area contributed by atoms with Gasteiger partial charge in [0.1, 0.15) is 11.0 Å². The van der Waals surface area contributed by atoms with Gasteiger partial charge in [0.05, 0.1) is 18.3 Å². The van der Waals surface area contributed by atoms with Crippen LogP contribution in [-0.4, -0.2) is 47.6 Å². The average Bonchev–Trinajstić information content (AvgIpc) is 3.67. The number of fused-ring (bicyclic) bond motifs is 6. The molecule has 0 saturated carbocycles. The highest BCUT2D eigenvalue weighted by Crippen LogP contribution is 2.69. The van der Waals surface area contributed by atoms with Crippen LogP contribution in [0.4, 0.5) is 11.4 Å². The summed E-state index contributed by atoms with van der Waals surface area (Å²) in [5.74, 6) is 1.03. The quantitative estimate of drug-likeness (QED) is 0.314. The van der Waals surface area contributed by atoms with Gasteiger partial charge >= 0.3 is 0 Å². The second-order valence-electron chi connectivity index (χ2n) is 10.5. The molecule has 3 atom stereocenters. The second kappa shape index (κ2) is 7.92. The number of benzene rings is 3. The fourth-order valence-electron chi connectivity index (χ4n) is 7.54. The molecule has 1 saturated heterocycles. The van der Waals surface area contributed by atoms with E-state index in [1.807, 2.05) is 18.2 Å². The van der Waals surface area contributed by atoms with Gasteiger partial charge in [-0.3, -0.25) is 24.2 Å². The van der Waals surface area contributed by atoms with Crippen LogP contribution in [-0.2, 0) is 20.5 Å². The first-order chi connectivity index (χ1) is 19.4. The first kappa shape index (κ1) is 23.9. The SMILES string of the molecule is C#CCN1C(=O)[C@@]2(c3ccccc31)N(C)C[C@](C#N)(C(=O)c1c[nH]c3ccccc13)[C@@]21C(=O)Nc2ccccc21. The number of hydrogen-bond donors (Lipinski definition) is 2. The number of H-pyrrole nitrogens is 1. The zero-order valence-corrected chi connectivity index (χ0v) is 21.6. The third-order valence-electron chi connectivity index (χ3n) is 8.95. The number of nitrogens with zero attached hydrogens (tertiary/aromatic N) is 3. The molecule has 8 heteroatoms. The van der Waals surface area contributed by atoms with Crippen molar-refractivity contribution in [1.82, 2.24) is 9.88 Å². The normalized spacial score (nSPS) is 26.6. The topological polar surface area (TPSA) is 109 Å². The Morgan fingerprint density at radius 1 is 1.02 bits per heavy atom. The molecular formula is C32H23N5O3. The van der Waals surface area contributed by atoms with Crippen LogP contribution in [0.2, 0.25) is 0 Å². The number of likely N-dealkylation sites (N-methyl/N-ethyl adjacent to an activating group) is 1. The Balaban J connectivity index is 1.62. The minimum atomic E-state index is -1.97. The second-order valence-corrected chi connectivity index (χ2v) is 10.5. The number of para-hydroxylation sites is 3. The van der Waals surface area contributed by atoms with Crippen LogP contribution in [0, 0.1) is 29.1 Å². The molecule has 8 nitrogen and oxygen atoms in total. The number of carbonyl (C=O) groups is 3. The molecule has 3 aliphatic heterocycles. The van der Waals surface area contributed by atoms with E-state index in [4.69, 9.17) is 6.42 Å². The van der Waals surface area contributed by atoms with Crippen LogP contribution in [0.5, 0.6) is 0 Å². The van der Waals surface area contributed by atoms with E-state index >= 15 is 0 Å². The minimum Gasteiger partial charge on any atom is -0.360 e. The maximum atomic E-state index is 14.9. The Morgan fingerprint density at radius 3 is 2.50 bits per heavy atom. The lowest BCUT2D eigenvalue weighted by atomic mass is 9.51. The van der Waals surface area contributed by atoms with E-state index in [-0.39, 0.29) is 13.1 Å². The van der Waals surface area contributed by atoms with E-state index in [0.29, 0.717) is 33.5 Å². The summed E-state index contributed by atoms with van der Waals surface area (Å²) in [6.07, 6.45) is 7.28. The molecule has 3 aliphatic rings. The highest BCUT2D eigenvalue weighted by atomic mass is 16.2. The largest absolute Gasteiger partial charge is 0.360 e. The summed E-state index contributed by atoms with van der Waals surface area (Å²) in [4.78, 5) is 50.7. The van der Waals surface area contributed by atoms with Crippen molar-refractivity contribution in [2.24, 2.45) is 5.41 Å². The maximum absolute atomic E-state index is 14.9. The highest BCUT2D eigenvalue weighted by Gasteiger charge is 2.84. The Labute approximate surface area is 230 Å². The van der Waals surface area contributed by atoms with Gasteiger partial charge in [0.15, 0.2) is 11.2 Å². The van der Waals surface area contributed by atoms with Gasteiger partial charge in [-0.05, 0) is 30.8 Å². The lowest BCUT2D eigenvalue weighted by Gasteiger charge is -2.45. The number of anilines is 2. The van der Waals surface area contributed by atoms with E-state index in [2.05, 4.69) is 22.3 Å². The molecule has 0 bridgehead atoms. The molecule has 0 radical (unpaired) electrons. The molecule has 3 aromatic carbocycles. The molecule has 0 unspecified atom stereocenters. The number of nitrogens with one attached hydrogen (secondary N) is 2.